The van der Waals surface area contributed by atoms with Crippen molar-refractivity contribution in [3.8, 4) is 5.75 Å². The molecule has 1 aliphatic heterocycles. The molecule has 2 rings (SSSR count). The Morgan fingerprint density at radius 3 is 2.38 bits per heavy atom. The van der Waals surface area contributed by atoms with Gasteiger partial charge in [0.15, 0.2) is 14.6 Å². The van der Waals surface area contributed by atoms with Crippen LogP contribution in [0.1, 0.15) is 26.3 Å². The lowest BCUT2D eigenvalue weighted by atomic mass is 10.0. The predicted molar refractivity (Wildman–Crippen MR) is 104 cm³/mol. The molecule has 1 saturated heterocycles. The first-order chi connectivity index (χ1) is 12.0. The van der Waals surface area contributed by atoms with Crippen LogP contribution in [0, 0.1) is 0 Å². The van der Waals surface area contributed by atoms with E-state index in [1.54, 1.807) is 7.11 Å². The summed E-state index contributed by atoms with van der Waals surface area (Å²) in [6.07, 6.45) is -2.02. The van der Waals surface area contributed by atoms with Crippen LogP contribution in [0.15, 0.2) is 24.3 Å². The molecule has 0 spiro atoms. The van der Waals surface area contributed by atoms with Crippen molar-refractivity contribution in [3.05, 3.63) is 29.8 Å². The van der Waals surface area contributed by atoms with Gasteiger partial charge in [-0.3, -0.25) is 0 Å². The Morgan fingerprint density at radius 2 is 1.85 bits per heavy atom. The molecule has 148 valence electrons. The fourth-order valence-electron chi connectivity index (χ4n) is 2.52. The Morgan fingerprint density at radius 1 is 1.23 bits per heavy atom. The van der Waals surface area contributed by atoms with Crippen molar-refractivity contribution in [2.45, 2.75) is 70.1 Å². The number of ether oxygens (including phenoxy) is 3. The van der Waals surface area contributed by atoms with Gasteiger partial charge in [0.25, 0.3) is 0 Å². The highest BCUT2D eigenvalue weighted by atomic mass is 28.4. The van der Waals surface area contributed by atoms with Gasteiger partial charge in [0.2, 0.25) is 0 Å². The first kappa shape index (κ1) is 21.3. The van der Waals surface area contributed by atoms with Gasteiger partial charge in [0.05, 0.1) is 32.5 Å². The van der Waals surface area contributed by atoms with Gasteiger partial charge in [-0.25, -0.2) is 0 Å². The molecular formula is C19H33NO5Si. The monoisotopic (exact) mass is 383 g/mol. The van der Waals surface area contributed by atoms with Gasteiger partial charge >= 0.3 is 0 Å². The minimum atomic E-state index is -1.99. The van der Waals surface area contributed by atoms with E-state index in [1.165, 1.54) is 0 Å². The van der Waals surface area contributed by atoms with Gasteiger partial charge in [0.1, 0.15) is 11.9 Å². The first-order valence-electron chi connectivity index (χ1n) is 9.03. The smallest absolute Gasteiger partial charge is 0.192 e. The number of aliphatic hydroxyl groups is 1. The summed E-state index contributed by atoms with van der Waals surface area (Å²) in [5.41, 5.74) is 7.21. The molecule has 0 radical (unpaired) electrons. The lowest BCUT2D eigenvalue weighted by molar-refractivity contribution is -0.244. The normalized spacial score (nSPS) is 27.4. The van der Waals surface area contributed by atoms with Gasteiger partial charge < -0.3 is 29.5 Å². The van der Waals surface area contributed by atoms with Gasteiger partial charge in [-0.15, -0.1) is 0 Å². The second kappa shape index (κ2) is 8.37. The van der Waals surface area contributed by atoms with Crippen LogP contribution in [-0.4, -0.2) is 51.7 Å². The molecule has 7 heteroatoms. The maximum Gasteiger partial charge on any atom is 0.192 e. The van der Waals surface area contributed by atoms with E-state index in [9.17, 15) is 5.11 Å². The van der Waals surface area contributed by atoms with E-state index >= 15 is 0 Å². The van der Waals surface area contributed by atoms with Crippen molar-refractivity contribution in [1.82, 2.24) is 0 Å². The van der Waals surface area contributed by atoms with E-state index in [-0.39, 0.29) is 11.1 Å². The number of aliphatic hydroxyl groups excluding tert-OH is 1. The zero-order valence-electron chi connectivity index (χ0n) is 16.7. The number of nitrogens with two attached hydrogens (primary N) is 1. The van der Waals surface area contributed by atoms with Crippen LogP contribution in [0.4, 0.5) is 0 Å². The summed E-state index contributed by atoms with van der Waals surface area (Å²) in [5, 5.41) is 10.6. The molecule has 1 heterocycles. The molecule has 2 unspecified atom stereocenters. The third-order valence-electron chi connectivity index (χ3n) is 5.35. The van der Waals surface area contributed by atoms with Crippen molar-refractivity contribution < 1.29 is 23.7 Å². The molecule has 26 heavy (non-hydrogen) atoms. The average Bonchev–Trinajstić information content (AvgIpc) is 2.57. The topological polar surface area (TPSA) is 83.2 Å². The number of rotatable bonds is 6. The zero-order valence-corrected chi connectivity index (χ0v) is 17.7. The van der Waals surface area contributed by atoms with E-state index in [2.05, 4.69) is 33.9 Å². The third kappa shape index (κ3) is 5.06. The highest BCUT2D eigenvalue weighted by Gasteiger charge is 2.45. The van der Waals surface area contributed by atoms with E-state index in [0.29, 0.717) is 13.2 Å². The fourth-order valence-corrected chi connectivity index (χ4v) is 3.85. The summed E-state index contributed by atoms with van der Waals surface area (Å²) in [7, 11) is -0.363. The Labute approximate surface area is 157 Å². The van der Waals surface area contributed by atoms with Crippen molar-refractivity contribution in [1.29, 1.82) is 0 Å². The molecule has 6 nitrogen and oxygen atoms in total. The van der Waals surface area contributed by atoms with Crippen molar-refractivity contribution in [3.63, 3.8) is 0 Å². The second-order valence-electron chi connectivity index (χ2n) is 8.35. The molecule has 0 bridgehead atoms. The van der Waals surface area contributed by atoms with Crippen LogP contribution in [0.25, 0.3) is 0 Å². The first-order valence-corrected chi connectivity index (χ1v) is 11.9. The summed E-state index contributed by atoms with van der Waals surface area (Å²) < 4.78 is 22.9. The second-order valence-corrected chi connectivity index (χ2v) is 13.1. The molecule has 1 aliphatic rings. The molecule has 0 saturated carbocycles. The SMILES string of the molecule is COc1ccc(COC2OCC(O[Si](C)(C)C(C)(C)C)[C@H](N)[C@H]2O)cc1. The molecular weight excluding hydrogens is 350 g/mol. The number of hydrogen-bond donors (Lipinski definition) is 2. The van der Waals surface area contributed by atoms with Gasteiger partial charge in [-0.2, -0.15) is 0 Å². The van der Waals surface area contributed by atoms with Crippen LogP contribution in [0.3, 0.4) is 0 Å². The predicted octanol–water partition coefficient (Wildman–Crippen LogP) is 2.65. The average molecular weight is 384 g/mol. The Bertz CT molecular complexity index is 572. The molecule has 1 aromatic rings. The third-order valence-corrected chi connectivity index (χ3v) is 9.86. The van der Waals surface area contributed by atoms with Gasteiger partial charge in [-0.05, 0) is 35.8 Å². The minimum absolute atomic E-state index is 0.0688. The summed E-state index contributed by atoms with van der Waals surface area (Å²) in [5.74, 6) is 0.787. The van der Waals surface area contributed by atoms with Crippen LogP contribution in [0.5, 0.6) is 5.75 Å². The van der Waals surface area contributed by atoms with Crippen LogP contribution >= 0.6 is 0 Å². The zero-order chi connectivity index (χ0) is 19.5. The summed E-state index contributed by atoms with van der Waals surface area (Å²) in [6.45, 7) is 11.5. The molecule has 1 fully saturated rings. The summed E-state index contributed by atoms with van der Waals surface area (Å²) in [4.78, 5) is 0. The van der Waals surface area contributed by atoms with Gasteiger partial charge in [0, 0.05) is 0 Å². The summed E-state index contributed by atoms with van der Waals surface area (Å²) >= 11 is 0. The molecule has 4 atom stereocenters. The lowest BCUT2D eigenvalue weighted by Crippen LogP contribution is -2.61. The fraction of sp³-hybridized carbons (Fsp3) is 0.684. The van der Waals surface area contributed by atoms with Crippen molar-refractivity contribution >= 4 is 8.32 Å². The van der Waals surface area contributed by atoms with E-state index in [4.69, 9.17) is 24.4 Å². The van der Waals surface area contributed by atoms with Crippen molar-refractivity contribution in [2.24, 2.45) is 5.73 Å². The molecule has 0 aliphatic carbocycles. The molecule has 0 amide bonds. The Hall–Kier alpha value is -0.963. The number of hydrogen-bond acceptors (Lipinski definition) is 6. The maximum atomic E-state index is 10.5. The Balaban J connectivity index is 1.91. The lowest BCUT2D eigenvalue weighted by Gasteiger charge is -2.44. The molecule has 1 aromatic carbocycles. The standard InChI is InChI=1S/C19H33NO5Si/c1-19(2,3)26(5,6)25-15-12-24-18(17(21)16(15)20)23-11-13-7-9-14(22-4)10-8-13/h7-10,15-18,21H,11-12,20H2,1-6H3/t15?,16-,17+,18?/m0/s1. The van der Waals surface area contributed by atoms with E-state index in [1.807, 2.05) is 24.3 Å². The van der Waals surface area contributed by atoms with Crippen LogP contribution in [0.2, 0.25) is 18.1 Å². The summed E-state index contributed by atoms with van der Waals surface area (Å²) in [6, 6.07) is 7.02. The molecule has 3 N–H and O–H groups in total. The highest BCUT2D eigenvalue weighted by molar-refractivity contribution is 6.74. The number of methoxy groups -OCH3 is 1. The molecule has 0 aromatic heterocycles. The largest absolute Gasteiger partial charge is 0.497 e. The van der Waals surface area contributed by atoms with E-state index < -0.39 is 26.8 Å². The van der Waals surface area contributed by atoms with Crippen LogP contribution in [-0.2, 0) is 20.5 Å². The maximum absolute atomic E-state index is 10.5. The van der Waals surface area contributed by atoms with Gasteiger partial charge in [-0.1, -0.05) is 32.9 Å². The highest BCUT2D eigenvalue weighted by Crippen LogP contribution is 2.38. The van der Waals surface area contributed by atoms with Crippen LogP contribution < -0.4 is 10.5 Å². The minimum Gasteiger partial charge on any atom is -0.497 e. The van der Waals surface area contributed by atoms with Crippen molar-refractivity contribution in [2.75, 3.05) is 13.7 Å². The Kier molecular flexibility index (Phi) is 6.87. The van der Waals surface area contributed by atoms with E-state index in [0.717, 1.165) is 11.3 Å². The number of benzene rings is 1. The quantitative estimate of drug-likeness (QED) is 0.735.